The molecule has 2 heterocycles. The van der Waals surface area contributed by atoms with E-state index in [4.69, 9.17) is 13.9 Å². The highest BCUT2D eigenvalue weighted by atomic mass is 16.7. The second kappa shape index (κ2) is 10.8. The maximum atomic E-state index is 6.18. The Balaban J connectivity index is 1.14. The fourth-order valence-corrected chi connectivity index (χ4v) is 6.54. The van der Waals surface area contributed by atoms with Gasteiger partial charge in [0.2, 0.25) is 6.79 Å². The van der Waals surface area contributed by atoms with Crippen molar-refractivity contribution >= 4 is 21.9 Å². The van der Waals surface area contributed by atoms with Gasteiger partial charge in [0.05, 0.1) is 0 Å². The molecule has 0 spiro atoms. The molecule has 0 radical (unpaired) electrons. The molecule has 0 N–H and O–H groups in total. The molecule has 0 saturated heterocycles. The molecule has 3 nitrogen and oxygen atoms in total. The third-order valence-corrected chi connectivity index (χ3v) is 8.87. The summed E-state index contributed by atoms with van der Waals surface area (Å²) >= 11 is 0. The van der Waals surface area contributed by atoms with Gasteiger partial charge < -0.3 is 13.9 Å². The van der Waals surface area contributed by atoms with E-state index in [0.717, 1.165) is 66.8 Å². The Bertz CT molecular complexity index is 2330. The fourth-order valence-electron chi connectivity index (χ4n) is 6.54. The van der Waals surface area contributed by atoms with Gasteiger partial charge >= 0.3 is 0 Å². The summed E-state index contributed by atoms with van der Waals surface area (Å²) in [6.45, 7) is 0.146. The number of fused-ring (bicyclic) bond motifs is 6. The van der Waals surface area contributed by atoms with Gasteiger partial charge in [-0.2, -0.15) is 0 Å². The number of ether oxygens (including phenoxy) is 2. The van der Waals surface area contributed by atoms with Crippen molar-refractivity contribution in [1.82, 2.24) is 0 Å². The molecule has 1 aliphatic rings. The summed E-state index contributed by atoms with van der Waals surface area (Å²) in [5, 5.41) is 2.25. The number of rotatable bonds is 4. The van der Waals surface area contributed by atoms with Crippen LogP contribution in [0, 0.1) is 0 Å². The van der Waals surface area contributed by atoms with Crippen LogP contribution in [0.4, 0.5) is 0 Å². The number of hydrogen-bond donors (Lipinski definition) is 0. The standard InChI is InChI=1S/C43H28O3/c1-3-9-28(10-4-1)33-21-34(29-11-5-2-6-12-29)23-35(22-33)30-17-20-40-39(24-30)38-19-16-31(25-42(38)45-27-44-40)32-15-18-37-36-13-7-8-14-41(36)46-43(37)26-32/h1-26H,27H2. The van der Waals surface area contributed by atoms with Gasteiger partial charge in [-0.15, -0.1) is 0 Å². The molecule has 0 unspecified atom stereocenters. The normalized spacial score (nSPS) is 12.2. The van der Waals surface area contributed by atoms with Gasteiger partial charge in [0.15, 0.2) is 0 Å². The second-order valence-electron chi connectivity index (χ2n) is 11.7. The van der Waals surface area contributed by atoms with Crippen LogP contribution in [0.5, 0.6) is 11.5 Å². The van der Waals surface area contributed by atoms with Crippen molar-refractivity contribution in [2.24, 2.45) is 0 Å². The second-order valence-corrected chi connectivity index (χ2v) is 11.7. The van der Waals surface area contributed by atoms with E-state index in [0.29, 0.717) is 0 Å². The smallest absolute Gasteiger partial charge is 0.230 e. The number of furan rings is 1. The van der Waals surface area contributed by atoms with E-state index < -0.39 is 0 Å². The molecule has 0 fully saturated rings. The van der Waals surface area contributed by atoms with Crippen molar-refractivity contribution in [2.45, 2.75) is 0 Å². The van der Waals surface area contributed by atoms with Crippen LogP contribution < -0.4 is 9.47 Å². The van der Waals surface area contributed by atoms with Crippen LogP contribution in [0.15, 0.2) is 162 Å². The summed E-state index contributed by atoms with van der Waals surface area (Å²) in [5.74, 6) is 1.60. The van der Waals surface area contributed by atoms with Gasteiger partial charge in [-0.3, -0.25) is 0 Å². The summed E-state index contributed by atoms with van der Waals surface area (Å²) in [5.41, 5.74) is 12.9. The molecule has 1 aromatic heterocycles. The summed E-state index contributed by atoms with van der Waals surface area (Å²) in [7, 11) is 0. The lowest BCUT2D eigenvalue weighted by atomic mass is 9.91. The fraction of sp³-hybridized carbons (Fsp3) is 0.0233. The minimum absolute atomic E-state index is 0.146. The van der Waals surface area contributed by atoms with Crippen molar-refractivity contribution in [1.29, 1.82) is 0 Å². The summed E-state index contributed by atoms with van der Waals surface area (Å²) in [6, 6.07) is 55.3. The zero-order valence-corrected chi connectivity index (χ0v) is 24.9. The first-order chi connectivity index (χ1) is 22.8. The molecular formula is C43H28O3. The maximum absolute atomic E-state index is 6.18. The van der Waals surface area contributed by atoms with Crippen molar-refractivity contribution in [3.05, 3.63) is 158 Å². The van der Waals surface area contributed by atoms with Gasteiger partial charge in [0.25, 0.3) is 0 Å². The molecule has 3 heteroatoms. The van der Waals surface area contributed by atoms with Crippen LogP contribution in [-0.4, -0.2) is 6.79 Å². The largest absolute Gasteiger partial charge is 0.457 e. The zero-order chi connectivity index (χ0) is 30.5. The minimum atomic E-state index is 0.146. The molecule has 8 aromatic rings. The molecule has 0 bridgehead atoms. The number of hydrogen-bond acceptors (Lipinski definition) is 3. The highest BCUT2D eigenvalue weighted by Gasteiger charge is 2.19. The van der Waals surface area contributed by atoms with Crippen LogP contribution in [0.3, 0.4) is 0 Å². The van der Waals surface area contributed by atoms with Gasteiger partial charge in [-0.25, -0.2) is 0 Å². The summed E-state index contributed by atoms with van der Waals surface area (Å²) in [4.78, 5) is 0. The van der Waals surface area contributed by atoms with Crippen LogP contribution in [-0.2, 0) is 0 Å². The predicted octanol–water partition coefficient (Wildman–Crippen LogP) is 11.6. The average Bonchev–Trinajstić information content (AvgIpc) is 3.40. The first-order valence-electron chi connectivity index (χ1n) is 15.5. The van der Waals surface area contributed by atoms with Gasteiger partial charge in [-0.05, 0) is 105 Å². The quantitative estimate of drug-likeness (QED) is 0.204. The minimum Gasteiger partial charge on any atom is -0.457 e. The van der Waals surface area contributed by atoms with Gasteiger partial charge in [0.1, 0.15) is 22.7 Å². The van der Waals surface area contributed by atoms with E-state index in [1.807, 2.05) is 18.2 Å². The molecule has 46 heavy (non-hydrogen) atoms. The van der Waals surface area contributed by atoms with E-state index in [-0.39, 0.29) is 6.79 Å². The lowest BCUT2D eigenvalue weighted by molar-refractivity contribution is 0.125. The molecule has 0 amide bonds. The monoisotopic (exact) mass is 592 g/mol. The zero-order valence-electron chi connectivity index (χ0n) is 24.9. The van der Waals surface area contributed by atoms with Crippen LogP contribution >= 0.6 is 0 Å². The Morgan fingerprint density at radius 3 is 1.65 bits per heavy atom. The SMILES string of the molecule is c1ccc(-c2cc(-c3ccccc3)cc(-c3ccc4c(c3)-c3ccc(-c5ccc6c(c5)oc5ccccc56)cc3OCO4)c2)cc1. The molecule has 7 aromatic carbocycles. The van der Waals surface area contributed by atoms with Crippen molar-refractivity contribution in [3.63, 3.8) is 0 Å². The van der Waals surface area contributed by atoms with E-state index >= 15 is 0 Å². The highest BCUT2D eigenvalue weighted by Crippen LogP contribution is 2.44. The Morgan fingerprint density at radius 1 is 0.326 bits per heavy atom. The third kappa shape index (κ3) is 4.61. The van der Waals surface area contributed by atoms with Crippen molar-refractivity contribution < 1.29 is 13.9 Å². The van der Waals surface area contributed by atoms with Crippen LogP contribution in [0.2, 0.25) is 0 Å². The van der Waals surface area contributed by atoms with Crippen molar-refractivity contribution in [2.75, 3.05) is 6.79 Å². The Hall–Kier alpha value is -6.06. The molecule has 0 saturated carbocycles. The maximum Gasteiger partial charge on any atom is 0.230 e. The molecule has 1 aliphatic heterocycles. The Morgan fingerprint density at radius 2 is 0.891 bits per heavy atom. The first-order valence-corrected chi connectivity index (χ1v) is 15.5. The highest BCUT2D eigenvalue weighted by molar-refractivity contribution is 6.06. The van der Waals surface area contributed by atoms with E-state index in [2.05, 4.69) is 140 Å². The molecule has 9 rings (SSSR count). The molecule has 0 atom stereocenters. The molecular weight excluding hydrogens is 564 g/mol. The van der Waals surface area contributed by atoms with E-state index in [1.165, 1.54) is 22.3 Å². The number of benzene rings is 7. The number of para-hydroxylation sites is 1. The average molecular weight is 593 g/mol. The van der Waals surface area contributed by atoms with Crippen molar-refractivity contribution in [3.8, 4) is 67.1 Å². The lowest BCUT2D eigenvalue weighted by Gasteiger charge is -2.14. The summed E-state index contributed by atoms with van der Waals surface area (Å²) in [6.07, 6.45) is 0. The molecule has 0 aliphatic carbocycles. The predicted molar refractivity (Wildman–Crippen MR) is 187 cm³/mol. The van der Waals surface area contributed by atoms with E-state index in [9.17, 15) is 0 Å². The van der Waals surface area contributed by atoms with Crippen LogP contribution in [0.25, 0.3) is 77.6 Å². The third-order valence-electron chi connectivity index (χ3n) is 8.87. The molecule has 218 valence electrons. The van der Waals surface area contributed by atoms with Gasteiger partial charge in [-0.1, -0.05) is 97.1 Å². The first kappa shape index (κ1) is 26.4. The lowest BCUT2D eigenvalue weighted by Crippen LogP contribution is -2.03. The summed E-state index contributed by atoms with van der Waals surface area (Å²) < 4.78 is 18.5. The van der Waals surface area contributed by atoms with Crippen LogP contribution in [0.1, 0.15) is 0 Å². The topological polar surface area (TPSA) is 31.6 Å². The van der Waals surface area contributed by atoms with Gasteiger partial charge in [0, 0.05) is 21.9 Å². The Kier molecular flexibility index (Phi) is 6.20. The van der Waals surface area contributed by atoms with E-state index in [1.54, 1.807) is 0 Å². The Labute approximate surface area is 266 Å².